The van der Waals surface area contributed by atoms with Crippen molar-refractivity contribution in [1.29, 1.82) is 0 Å². The first-order valence-corrected chi connectivity index (χ1v) is 8.09. The molecule has 0 radical (unpaired) electrons. The van der Waals surface area contributed by atoms with Gasteiger partial charge >= 0.3 is 0 Å². The summed E-state index contributed by atoms with van der Waals surface area (Å²) >= 11 is 0. The van der Waals surface area contributed by atoms with E-state index < -0.39 is 10.0 Å². The van der Waals surface area contributed by atoms with Crippen LogP contribution in [0.1, 0.15) is 30.9 Å². The van der Waals surface area contributed by atoms with Gasteiger partial charge < -0.3 is 5.73 Å². The number of benzene rings is 1. The van der Waals surface area contributed by atoms with Gasteiger partial charge in [0, 0.05) is 19.6 Å². The fraction of sp³-hybridized carbons (Fsp3) is 0.571. The summed E-state index contributed by atoms with van der Waals surface area (Å²) in [6, 6.07) is 5.37. The Labute approximate surface area is 115 Å². The zero-order valence-corrected chi connectivity index (χ0v) is 12.6. The average molecular weight is 282 g/mol. The zero-order valence-electron chi connectivity index (χ0n) is 11.8. The molecule has 1 aromatic carbocycles. The topological polar surface area (TPSA) is 63.4 Å². The normalized spacial score (nSPS) is 17.7. The van der Waals surface area contributed by atoms with E-state index in [-0.39, 0.29) is 6.04 Å². The van der Waals surface area contributed by atoms with E-state index in [2.05, 4.69) is 0 Å². The average Bonchev–Trinajstić information content (AvgIpc) is 3.20. The first-order valence-electron chi connectivity index (χ1n) is 6.65. The van der Waals surface area contributed by atoms with E-state index in [1.165, 1.54) is 4.31 Å². The summed E-state index contributed by atoms with van der Waals surface area (Å²) in [5.41, 5.74) is 7.29. The molecule has 1 aliphatic rings. The summed E-state index contributed by atoms with van der Waals surface area (Å²) in [6.45, 7) is 4.23. The molecule has 0 bridgehead atoms. The molecule has 1 aromatic rings. The molecule has 0 heterocycles. The molecule has 106 valence electrons. The van der Waals surface area contributed by atoms with Gasteiger partial charge in [0.05, 0.1) is 4.90 Å². The Balaban J connectivity index is 2.33. The number of nitrogens with two attached hydrogens (primary N) is 1. The van der Waals surface area contributed by atoms with Crippen LogP contribution >= 0.6 is 0 Å². The minimum atomic E-state index is -3.41. The second-order valence-electron chi connectivity index (χ2n) is 5.40. The SMILES string of the molecule is Cc1cc(CN)ccc1S(=O)(=O)N(C)C(C)C1CC1. The Morgan fingerprint density at radius 1 is 1.42 bits per heavy atom. The summed E-state index contributed by atoms with van der Waals surface area (Å²) in [5, 5.41) is 0. The van der Waals surface area contributed by atoms with Crippen molar-refractivity contribution >= 4 is 10.0 Å². The minimum Gasteiger partial charge on any atom is -0.326 e. The van der Waals surface area contributed by atoms with Gasteiger partial charge in [-0.2, -0.15) is 4.31 Å². The molecule has 0 aliphatic heterocycles. The molecule has 0 amide bonds. The lowest BCUT2D eigenvalue weighted by molar-refractivity contribution is 0.357. The van der Waals surface area contributed by atoms with Crippen LogP contribution in [-0.4, -0.2) is 25.8 Å². The summed E-state index contributed by atoms with van der Waals surface area (Å²) in [6.07, 6.45) is 2.26. The molecule has 0 saturated heterocycles. The van der Waals surface area contributed by atoms with Crippen molar-refractivity contribution in [3.63, 3.8) is 0 Å². The van der Waals surface area contributed by atoms with E-state index in [0.29, 0.717) is 17.4 Å². The zero-order chi connectivity index (χ0) is 14.2. The second-order valence-corrected chi connectivity index (χ2v) is 7.37. The van der Waals surface area contributed by atoms with Crippen LogP contribution in [0.15, 0.2) is 23.1 Å². The number of rotatable bonds is 5. The van der Waals surface area contributed by atoms with E-state index in [4.69, 9.17) is 5.73 Å². The largest absolute Gasteiger partial charge is 0.326 e. The van der Waals surface area contributed by atoms with Gasteiger partial charge in [-0.25, -0.2) is 8.42 Å². The summed E-state index contributed by atoms with van der Waals surface area (Å²) < 4.78 is 26.8. The first kappa shape index (κ1) is 14.5. The third kappa shape index (κ3) is 2.83. The van der Waals surface area contributed by atoms with E-state index in [1.807, 2.05) is 19.9 Å². The number of hydrogen-bond acceptors (Lipinski definition) is 3. The molecule has 0 aromatic heterocycles. The molecule has 5 heteroatoms. The minimum absolute atomic E-state index is 0.0681. The molecule has 1 fully saturated rings. The van der Waals surface area contributed by atoms with E-state index in [1.54, 1.807) is 19.2 Å². The Bertz CT molecular complexity index is 565. The fourth-order valence-corrected chi connectivity index (χ4v) is 4.00. The number of hydrogen-bond donors (Lipinski definition) is 1. The van der Waals surface area contributed by atoms with Gasteiger partial charge in [-0.05, 0) is 49.8 Å². The molecule has 1 atom stereocenters. The predicted octanol–water partition coefficient (Wildman–Crippen LogP) is 1.87. The highest BCUT2D eigenvalue weighted by molar-refractivity contribution is 7.89. The fourth-order valence-electron chi connectivity index (χ4n) is 2.38. The Morgan fingerprint density at radius 3 is 2.53 bits per heavy atom. The monoisotopic (exact) mass is 282 g/mol. The van der Waals surface area contributed by atoms with Crippen molar-refractivity contribution in [2.45, 2.75) is 44.2 Å². The van der Waals surface area contributed by atoms with Crippen LogP contribution in [0.4, 0.5) is 0 Å². The third-order valence-corrected chi connectivity index (χ3v) is 6.11. The van der Waals surface area contributed by atoms with Crippen LogP contribution < -0.4 is 5.73 Å². The van der Waals surface area contributed by atoms with Crippen LogP contribution in [0.25, 0.3) is 0 Å². The lowest BCUT2D eigenvalue weighted by Crippen LogP contribution is -2.36. The molecule has 19 heavy (non-hydrogen) atoms. The van der Waals surface area contributed by atoms with Gasteiger partial charge in [-0.1, -0.05) is 12.1 Å². The van der Waals surface area contributed by atoms with Crippen LogP contribution in [0.3, 0.4) is 0 Å². The molecule has 0 spiro atoms. The highest BCUT2D eigenvalue weighted by atomic mass is 32.2. The maximum Gasteiger partial charge on any atom is 0.243 e. The highest BCUT2D eigenvalue weighted by Gasteiger charge is 2.36. The van der Waals surface area contributed by atoms with Crippen molar-refractivity contribution in [3.8, 4) is 0 Å². The van der Waals surface area contributed by atoms with Crippen molar-refractivity contribution in [3.05, 3.63) is 29.3 Å². The summed E-state index contributed by atoms with van der Waals surface area (Å²) in [4.78, 5) is 0.389. The molecule has 2 rings (SSSR count). The Morgan fingerprint density at radius 2 is 2.05 bits per heavy atom. The van der Waals surface area contributed by atoms with E-state index in [9.17, 15) is 8.42 Å². The molecule has 1 saturated carbocycles. The lowest BCUT2D eigenvalue weighted by atomic mass is 10.1. The molecule has 1 unspecified atom stereocenters. The van der Waals surface area contributed by atoms with Crippen LogP contribution in [0, 0.1) is 12.8 Å². The van der Waals surface area contributed by atoms with Gasteiger partial charge in [0.1, 0.15) is 0 Å². The molecule has 2 N–H and O–H groups in total. The first-order chi connectivity index (χ1) is 8.87. The molecule has 4 nitrogen and oxygen atoms in total. The number of sulfonamides is 1. The van der Waals surface area contributed by atoms with Crippen LogP contribution in [-0.2, 0) is 16.6 Å². The molecule has 1 aliphatic carbocycles. The second kappa shape index (κ2) is 5.23. The predicted molar refractivity (Wildman–Crippen MR) is 76.2 cm³/mol. The third-order valence-electron chi connectivity index (χ3n) is 4.01. The van der Waals surface area contributed by atoms with Crippen molar-refractivity contribution in [1.82, 2.24) is 4.31 Å². The summed E-state index contributed by atoms with van der Waals surface area (Å²) in [5.74, 6) is 0.517. The maximum absolute atomic E-state index is 12.6. The summed E-state index contributed by atoms with van der Waals surface area (Å²) in [7, 11) is -1.73. The highest BCUT2D eigenvalue weighted by Crippen LogP contribution is 2.36. The Kier molecular flexibility index (Phi) is 3.99. The number of aryl methyl sites for hydroxylation is 1. The van der Waals surface area contributed by atoms with Crippen molar-refractivity contribution in [2.75, 3.05) is 7.05 Å². The van der Waals surface area contributed by atoms with Gasteiger partial charge in [0.2, 0.25) is 10.0 Å². The number of nitrogens with zero attached hydrogens (tertiary/aromatic N) is 1. The van der Waals surface area contributed by atoms with Crippen molar-refractivity contribution < 1.29 is 8.42 Å². The van der Waals surface area contributed by atoms with Crippen LogP contribution in [0.5, 0.6) is 0 Å². The lowest BCUT2D eigenvalue weighted by Gasteiger charge is -2.25. The van der Waals surface area contributed by atoms with Gasteiger partial charge in [0.25, 0.3) is 0 Å². The Hall–Kier alpha value is -0.910. The smallest absolute Gasteiger partial charge is 0.243 e. The molecular formula is C14H22N2O2S. The maximum atomic E-state index is 12.6. The van der Waals surface area contributed by atoms with Crippen LogP contribution in [0.2, 0.25) is 0 Å². The van der Waals surface area contributed by atoms with Crippen molar-refractivity contribution in [2.24, 2.45) is 11.7 Å². The van der Waals surface area contributed by atoms with E-state index in [0.717, 1.165) is 24.0 Å². The molecular weight excluding hydrogens is 260 g/mol. The standard InChI is InChI=1S/C14H22N2O2S/c1-10-8-12(9-15)4-7-14(10)19(17,18)16(3)11(2)13-5-6-13/h4,7-8,11,13H,5-6,9,15H2,1-3H3. The van der Waals surface area contributed by atoms with Gasteiger partial charge in [-0.3, -0.25) is 0 Å². The quantitative estimate of drug-likeness (QED) is 0.896. The van der Waals surface area contributed by atoms with Gasteiger partial charge in [-0.15, -0.1) is 0 Å². The van der Waals surface area contributed by atoms with Gasteiger partial charge in [0.15, 0.2) is 0 Å². The van der Waals surface area contributed by atoms with E-state index >= 15 is 0 Å².